The molecule has 0 aliphatic carbocycles. The van der Waals surface area contributed by atoms with Crippen molar-refractivity contribution < 1.29 is 13.2 Å². The van der Waals surface area contributed by atoms with Gasteiger partial charge in [0.15, 0.2) is 5.65 Å². The minimum atomic E-state index is -4.85. The highest BCUT2D eigenvalue weighted by molar-refractivity contribution is 6.36. The van der Waals surface area contributed by atoms with Crippen molar-refractivity contribution in [2.75, 3.05) is 0 Å². The molecule has 0 radical (unpaired) electrons. The molecule has 0 fully saturated rings. The summed E-state index contributed by atoms with van der Waals surface area (Å²) >= 11 is 11.8. The van der Waals surface area contributed by atoms with Crippen LogP contribution in [0.15, 0.2) is 29.2 Å². The molecule has 0 amide bonds. The smallest absolute Gasteiger partial charge is 0.345 e. The van der Waals surface area contributed by atoms with Crippen LogP contribution in [0.4, 0.5) is 13.2 Å². The molecule has 3 aromatic rings. The van der Waals surface area contributed by atoms with Crippen LogP contribution in [-0.2, 0) is 6.18 Å². The summed E-state index contributed by atoms with van der Waals surface area (Å²) < 4.78 is 39.0. The highest BCUT2D eigenvalue weighted by Gasteiger charge is 2.35. The van der Waals surface area contributed by atoms with Crippen LogP contribution in [0.2, 0.25) is 10.0 Å². The number of H-pyrrole nitrogens is 1. The van der Waals surface area contributed by atoms with Crippen LogP contribution in [0, 0.1) is 11.3 Å². The van der Waals surface area contributed by atoms with E-state index < -0.39 is 17.3 Å². The second-order valence-electron chi connectivity index (χ2n) is 4.73. The molecule has 0 aliphatic rings. The number of nitriles is 1. The molecular weight excluding hydrogens is 368 g/mol. The summed E-state index contributed by atoms with van der Waals surface area (Å²) in [5, 5.41) is 13.6. The average Bonchev–Trinajstić information content (AvgIpc) is 2.85. The second kappa shape index (κ2) is 5.54. The molecule has 0 aliphatic heterocycles. The molecule has 24 heavy (non-hydrogen) atoms. The Balaban J connectivity index is 2.37. The number of nitrogens with zero attached hydrogens (tertiary/aromatic N) is 3. The highest BCUT2D eigenvalue weighted by atomic mass is 35.5. The molecule has 2 heterocycles. The fourth-order valence-electron chi connectivity index (χ4n) is 2.19. The van der Waals surface area contributed by atoms with Crippen molar-refractivity contribution in [3.63, 3.8) is 0 Å². The van der Waals surface area contributed by atoms with Gasteiger partial charge in [0.2, 0.25) is 0 Å². The lowest BCUT2D eigenvalue weighted by Gasteiger charge is -2.04. The summed E-state index contributed by atoms with van der Waals surface area (Å²) in [6.07, 6.45) is -4.34. The Morgan fingerprint density at radius 3 is 2.58 bits per heavy atom. The van der Waals surface area contributed by atoms with Crippen LogP contribution in [0.5, 0.6) is 0 Å². The second-order valence-corrected chi connectivity index (χ2v) is 5.57. The number of halogens is 5. The van der Waals surface area contributed by atoms with Gasteiger partial charge in [0.25, 0.3) is 5.56 Å². The third-order valence-corrected chi connectivity index (χ3v) is 3.81. The minimum absolute atomic E-state index is 0.0214. The maximum absolute atomic E-state index is 12.8. The zero-order chi connectivity index (χ0) is 17.6. The van der Waals surface area contributed by atoms with Crippen LogP contribution in [-0.4, -0.2) is 14.6 Å². The molecule has 1 aromatic carbocycles. The van der Waals surface area contributed by atoms with Gasteiger partial charge in [-0.15, -0.1) is 0 Å². The van der Waals surface area contributed by atoms with E-state index in [2.05, 4.69) is 10.1 Å². The molecule has 1 N–H and O–H groups in total. The zero-order valence-corrected chi connectivity index (χ0v) is 13.0. The Hall–Kier alpha value is -2.50. The number of nitrogens with one attached hydrogen (secondary N) is 1. The van der Waals surface area contributed by atoms with Gasteiger partial charge in [-0.25, -0.2) is 0 Å². The highest BCUT2D eigenvalue weighted by Crippen LogP contribution is 2.33. The Morgan fingerprint density at radius 2 is 2.00 bits per heavy atom. The number of benzene rings is 1. The van der Waals surface area contributed by atoms with Gasteiger partial charge >= 0.3 is 6.18 Å². The SMILES string of the molecule is N#Cc1c(-c2ccc(Cl)cc2Cl)nn2c(=O)c(C(F)(F)F)c[nH]c12. The molecule has 0 saturated heterocycles. The Morgan fingerprint density at radius 1 is 1.29 bits per heavy atom. The van der Waals surface area contributed by atoms with Crippen molar-refractivity contribution in [3.8, 4) is 17.3 Å². The predicted octanol–water partition coefficient (Wildman–Crippen LogP) is 3.89. The molecule has 5 nitrogen and oxygen atoms in total. The first-order chi connectivity index (χ1) is 11.2. The van der Waals surface area contributed by atoms with Crippen molar-refractivity contribution in [1.82, 2.24) is 14.6 Å². The fraction of sp³-hybridized carbons (Fsp3) is 0.0714. The van der Waals surface area contributed by atoms with Gasteiger partial charge in [0.05, 0.1) is 5.02 Å². The molecule has 0 spiro atoms. The molecule has 0 atom stereocenters. The van der Waals surface area contributed by atoms with Crippen LogP contribution in [0.3, 0.4) is 0 Å². The van der Waals surface area contributed by atoms with Gasteiger partial charge in [0, 0.05) is 16.8 Å². The van der Waals surface area contributed by atoms with Gasteiger partial charge in [-0.1, -0.05) is 23.2 Å². The third-order valence-electron chi connectivity index (χ3n) is 3.26. The van der Waals surface area contributed by atoms with E-state index in [-0.39, 0.29) is 27.5 Å². The number of aromatic amines is 1. The normalized spacial score (nSPS) is 11.7. The lowest BCUT2D eigenvalue weighted by atomic mass is 10.1. The van der Waals surface area contributed by atoms with Gasteiger partial charge in [0.1, 0.15) is 22.9 Å². The topological polar surface area (TPSA) is 74.0 Å². The zero-order valence-electron chi connectivity index (χ0n) is 11.4. The van der Waals surface area contributed by atoms with E-state index in [0.29, 0.717) is 15.7 Å². The number of hydrogen-bond donors (Lipinski definition) is 1. The standard InChI is InChI=1S/C14H5Cl2F3N4O/c15-6-1-2-7(10(16)3-6)11-8(4-20)12-21-5-9(14(17,18)19)13(24)23(12)22-11/h1-3,5,21H. The molecule has 0 bridgehead atoms. The van der Waals surface area contributed by atoms with E-state index >= 15 is 0 Å². The van der Waals surface area contributed by atoms with Gasteiger partial charge in [-0.2, -0.15) is 28.0 Å². The van der Waals surface area contributed by atoms with Crippen LogP contribution in [0.1, 0.15) is 11.1 Å². The molecule has 0 saturated carbocycles. The van der Waals surface area contributed by atoms with Crippen molar-refractivity contribution >= 4 is 28.8 Å². The quantitative estimate of drug-likeness (QED) is 0.704. The summed E-state index contributed by atoms with van der Waals surface area (Å²) in [5.41, 5.74) is -2.82. The van der Waals surface area contributed by atoms with Crippen molar-refractivity contribution in [3.05, 3.63) is 55.9 Å². The van der Waals surface area contributed by atoms with Crippen molar-refractivity contribution in [2.45, 2.75) is 6.18 Å². The monoisotopic (exact) mass is 372 g/mol. The third kappa shape index (κ3) is 2.52. The maximum atomic E-state index is 12.8. The fourth-order valence-corrected chi connectivity index (χ4v) is 2.69. The number of hydrogen-bond acceptors (Lipinski definition) is 3. The first kappa shape index (κ1) is 16.4. The summed E-state index contributed by atoms with van der Waals surface area (Å²) in [5.74, 6) is 0. The average molecular weight is 373 g/mol. The summed E-state index contributed by atoms with van der Waals surface area (Å²) in [4.78, 5) is 14.3. The number of aromatic nitrogens is 3. The molecular formula is C14H5Cl2F3N4O. The maximum Gasteiger partial charge on any atom is 0.423 e. The van der Waals surface area contributed by atoms with Crippen molar-refractivity contribution in [1.29, 1.82) is 5.26 Å². The van der Waals surface area contributed by atoms with Crippen LogP contribution >= 0.6 is 23.2 Å². The van der Waals surface area contributed by atoms with Gasteiger partial charge < -0.3 is 4.98 Å². The van der Waals surface area contributed by atoms with Gasteiger partial charge in [-0.3, -0.25) is 4.79 Å². The number of rotatable bonds is 1. The number of fused-ring (bicyclic) bond motifs is 1. The van der Waals surface area contributed by atoms with Gasteiger partial charge in [-0.05, 0) is 18.2 Å². The molecule has 3 rings (SSSR count). The lowest BCUT2D eigenvalue weighted by Crippen LogP contribution is -2.25. The minimum Gasteiger partial charge on any atom is -0.345 e. The first-order valence-electron chi connectivity index (χ1n) is 6.31. The Kier molecular flexibility index (Phi) is 3.78. The Bertz CT molecular complexity index is 1060. The van der Waals surface area contributed by atoms with E-state index in [1.165, 1.54) is 18.2 Å². The van der Waals surface area contributed by atoms with E-state index in [9.17, 15) is 23.2 Å². The Labute approximate surface area is 141 Å². The molecule has 2 aromatic heterocycles. The first-order valence-corrected chi connectivity index (χ1v) is 7.06. The molecule has 10 heteroatoms. The summed E-state index contributed by atoms with van der Waals surface area (Å²) in [6.45, 7) is 0. The number of alkyl halides is 3. The van der Waals surface area contributed by atoms with E-state index in [4.69, 9.17) is 23.2 Å². The van der Waals surface area contributed by atoms with E-state index in [1.807, 2.05) is 6.07 Å². The lowest BCUT2D eigenvalue weighted by molar-refractivity contribution is -0.139. The predicted molar refractivity (Wildman–Crippen MR) is 81.0 cm³/mol. The van der Waals surface area contributed by atoms with Crippen molar-refractivity contribution in [2.24, 2.45) is 0 Å². The van der Waals surface area contributed by atoms with Crippen LogP contribution in [0.25, 0.3) is 16.9 Å². The van der Waals surface area contributed by atoms with E-state index in [1.54, 1.807) is 0 Å². The van der Waals surface area contributed by atoms with Crippen LogP contribution < -0.4 is 5.56 Å². The largest absolute Gasteiger partial charge is 0.423 e. The molecule has 122 valence electrons. The summed E-state index contributed by atoms with van der Waals surface area (Å²) in [6, 6.07) is 6.16. The molecule has 0 unspecified atom stereocenters. The van der Waals surface area contributed by atoms with E-state index in [0.717, 1.165) is 0 Å². The summed E-state index contributed by atoms with van der Waals surface area (Å²) in [7, 11) is 0.